The number of carbonyl (C=O) groups is 3. The number of benzene rings is 1. The van der Waals surface area contributed by atoms with Crippen LogP contribution in [0.25, 0.3) is 0 Å². The molecule has 222 valence electrons. The number of hydrogen-bond donors (Lipinski definition) is 1. The zero-order valence-electron chi connectivity index (χ0n) is 24.8. The smallest absolute Gasteiger partial charge is 0.306 e. The van der Waals surface area contributed by atoms with Crippen LogP contribution in [-0.4, -0.2) is 55.0 Å². The predicted octanol–water partition coefficient (Wildman–Crippen LogP) is 4.74. The van der Waals surface area contributed by atoms with Crippen LogP contribution in [0.1, 0.15) is 57.3 Å². The van der Waals surface area contributed by atoms with Crippen molar-refractivity contribution in [3.8, 4) is 5.88 Å². The molecular formula is C30H39F2N3O5Si. The van der Waals surface area contributed by atoms with Crippen LogP contribution in [0, 0.1) is 23.5 Å². The van der Waals surface area contributed by atoms with Crippen molar-refractivity contribution in [3.05, 3.63) is 47.2 Å². The number of carbonyl (C=O) groups excluding carboxylic acids is 3. The first kappa shape index (κ1) is 30.6. The standard InChI is InChI=1S/C30H39F2N3O5Si/c1-30(2,3)40-25(36)14-17-12-18(13-17)29(38)35-11-10-23-20(8-9-24(34-23)39-4)26(35)28(37)33-19-15-21(31)27(22(32)16-19)41(5,6)7/h8-9,15-18,26H,10-14H2,1-7H3,(H,33,37)/t17?,18?,26-/m1/s1. The summed E-state index contributed by atoms with van der Waals surface area (Å²) in [5, 5.41) is 2.71. The molecule has 8 nitrogen and oxygen atoms in total. The summed E-state index contributed by atoms with van der Waals surface area (Å²) in [6.07, 6.45) is 1.70. The third-order valence-electron chi connectivity index (χ3n) is 7.44. The van der Waals surface area contributed by atoms with E-state index < -0.39 is 37.3 Å². The minimum atomic E-state index is -2.30. The van der Waals surface area contributed by atoms with Gasteiger partial charge in [-0.05, 0) is 57.7 Å². The van der Waals surface area contributed by atoms with Crippen LogP contribution >= 0.6 is 0 Å². The second-order valence-electron chi connectivity index (χ2n) is 13.0. The maximum atomic E-state index is 14.9. The summed E-state index contributed by atoms with van der Waals surface area (Å²) in [5.74, 6) is -2.40. The molecule has 0 radical (unpaired) electrons. The maximum absolute atomic E-state index is 14.9. The third kappa shape index (κ3) is 6.94. The van der Waals surface area contributed by atoms with Crippen LogP contribution in [-0.2, 0) is 25.5 Å². The average Bonchev–Trinajstić information content (AvgIpc) is 2.81. The molecule has 1 N–H and O–H groups in total. The first-order valence-electron chi connectivity index (χ1n) is 13.9. The fourth-order valence-corrected chi connectivity index (χ4v) is 7.21. The Morgan fingerprint density at radius 2 is 1.73 bits per heavy atom. The van der Waals surface area contributed by atoms with Crippen molar-refractivity contribution in [2.45, 2.75) is 77.7 Å². The quantitative estimate of drug-likeness (QED) is 0.372. The summed E-state index contributed by atoms with van der Waals surface area (Å²) in [5.41, 5.74) is 0.563. The lowest BCUT2D eigenvalue weighted by molar-refractivity contribution is -0.159. The van der Waals surface area contributed by atoms with Gasteiger partial charge in [-0.3, -0.25) is 14.4 Å². The molecule has 1 fully saturated rings. The number of methoxy groups -OCH3 is 1. The molecule has 1 saturated carbocycles. The third-order valence-corrected chi connectivity index (χ3v) is 9.42. The van der Waals surface area contributed by atoms with Gasteiger partial charge >= 0.3 is 5.97 Å². The summed E-state index contributed by atoms with van der Waals surface area (Å²) in [6.45, 7) is 11.2. The van der Waals surface area contributed by atoms with Crippen LogP contribution in [0.4, 0.5) is 14.5 Å². The number of anilines is 1. The molecule has 1 aromatic heterocycles. The number of aromatic nitrogens is 1. The highest BCUT2D eigenvalue weighted by Gasteiger charge is 2.44. The van der Waals surface area contributed by atoms with Crippen LogP contribution < -0.4 is 15.2 Å². The van der Waals surface area contributed by atoms with Gasteiger partial charge in [-0.15, -0.1) is 0 Å². The molecule has 0 spiro atoms. The van der Waals surface area contributed by atoms with Gasteiger partial charge in [0.2, 0.25) is 11.8 Å². The molecule has 41 heavy (non-hydrogen) atoms. The molecule has 2 aliphatic rings. The van der Waals surface area contributed by atoms with Crippen LogP contribution in [0.2, 0.25) is 19.6 Å². The predicted molar refractivity (Wildman–Crippen MR) is 154 cm³/mol. The molecule has 1 aliphatic heterocycles. The molecule has 11 heteroatoms. The van der Waals surface area contributed by atoms with Crippen molar-refractivity contribution in [1.82, 2.24) is 9.88 Å². The van der Waals surface area contributed by atoms with Gasteiger partial charge in [-0.25, -0.2) is 13.8 Å². The van der Waals surface area contributed by atoms with Crippen molar-refractivity contribution in [3.63, 3.8) is 0 Å². The van der Waals surface area contributed by atoms with Gasteiger partial charge in [-0.1, -0.05) is 19.6 Å². The van der Waals surface area contributed by atoms with E-state index in [-0.39, 0.29) is 47.6 Å². The Balaban J connectivity index is 1.55. The van der Waals surface area contributed by atoms with E-state index in [1.54, 1.807) is 12.1 Å². The van der Waals surface area contributed by atoms with E-state index in [4.69, 9.17) is 9.47 Å². The normalized spacial score (nSPS) is 20.5. The van der Waals surface area contributed by atoms with Gasteiger partial charge in [0, 0.05) is 47.8 Å². The van der Waals surface area contributed by atoms with Crippen molar-refractivity contribution in [2.75, 3.05) is 19.0 Å². The van der Waals surface area contributed by atoms with Crippen molar-refractivity contribution < 1.29 is 32.6 Å². The second kappa shape index (κ2) is 11.5. The summed E-state index contributed by atoms with van der Waals surface area (Å²) >= 11 is 0. The van der Waals surface area contributed by atoms with Gasteiger partial charge in [0.25, 0.3) is 5.91 Å². The number of hydrogen-bond acceptors (Lipinski definition) is 6. The van der Waals surface area contributed by atoms with Crippen molar-refractivity contribution in [2.24, 2.45) is 11.8 Å². The van der Waals surface area contributed by atoms with Gasteiger partial charge < -0.3 is 19.7 Å². The average molecular weight is 588 g/mol. The number of rotatable bonds is 7. The van der Waals surface area contributed by atoms with E-state index in [1.165, 1.54) is 12.0 Å². The van der Waals surface area contributed by atoms with Gasteiger partial charge in [0.05, 0.1) is 20.9 Å². The lowest BCUT2D eigenvalue weighted by Crippen LogP contribution is -2.50. The fraction of sp³-hybridized carbons (Fsp3) is 0.533. The number of esters is 1. The van der Waals surface area contributed by atoms with E-state index in [0.717, 1.165) is 12.1 Å². The number of halogens is 2. The number of fused-ring (bicyclic) bond motifs is 1. The highest BCUT2D eigenvalue weighted by Crippen LogP contribution is 2.41. The number of nitrogens with one attached hydrogen (secondary N) is 1. The maximum Gasteiger partial charge on any atom is 0.306 e. The Labute approximate surface area is 240 Å². The molecular weight excluding hydrogens is 548 g/mol. The topological polar surface area (TPSA) is 97.8 Å². The number of ether oxygens (including phenoxy) is 2. The largest absolute Gasteiger partial charge is 0.481 e. The number of nitrogens with zero attached hydrogens (tertiary/aromatic N) is 2. The van der Waals surface area contributed by atoms with Crippen molar-refractivity contribution >= 4 is 36.7 Å². The van der Waals surface area contributed by atoms with Gasteiger partial charge in [0.1, 0.15) is 23.3 Å². The first-order valence-corrected chi connectivity index (χ1v) is 17.4. The van der Waals surface area contributed by atoms with E-state index in [1.807, 2.05) is 40.4 Å². The summed E-state index contributed by atoms with van der Waals surface area (Å²) in [4.78, 5) is 45.6. The molecule has 0 bridgehead atoms. The lowest BCUT2D eigenvalue weighted by atomic mass is 9.72. The van der Waals surface area contributed by atoms with Crippen LogP contribution in [0.5, 0.6) is 5.88 Å². The molecule has 2 aromatic rings. The van der Waals surface area contributed by atoms with Crippen LogP contribution in [0.3, 0.4) is 0 Å². The van der Waals surface area contributed by atoms with Gasteiger partial charge in [0.15, 0.2) is 0 Å². The number of amides is 2. The van der Waals surface area contributed by atoms with E-state index in [9.17, 15) is 23.2 Å². The Morgan fingerprint density at radius 3 is 2.29 bits per heavy atom. The minimum Gasteiger partial charge on any atom is -0.481 e. The van der Waals surface area contributed by atoms with E-state index in [0.29, 0.717) is 36.4 Å². The number of pyridine rings is 1. The Hall–Kier alpha value is -3.34. The zero-order chi connectivity index (χ0) is 30.3. The highest BCUT2D eigenvalue weighted by molar-refractivity contribution is 6.88. The molecule has 0 saturated heterocycles. The fourth-order valence-electron chi connectivity index (χ4n) is 5.63. The minimum absolute atomic E-state index is 0.0194. The Morgan fingerprint density at radius 1 is 1.10 bits per heavy atom. The van der Waals surface area contributed by atoms with Crippen LogP contribution in [0.15, 0.2) is 24.3 Å². The summed E-state index contributed by atoms with van der Waals surface area (Å²) in [7, 11) is -0.808. The molecule has 1 atom stereocenters. The Bertz CT molecular complexity index is 1330. The molecule has 0 unspecified atom stereocenters. The lowest BCUT2D eigenvalue weighted by Gasteiger charge is -2.42. The molecule has 1 aliphatic carbocycles. The molecule has 1 aromatic carbocycles. The molecule has 4 rings (SSSR count). The highest BCUT2D eigenvalue weighted by atomic mass is 28.3. The summed E-state index contributed by atoms with van der Waals surface area (Å²) < 4.78 is 40.5. The zero-order valence-corrected chi connectivity index (χ0v) is 25.8. The van der Waals surface area contributed by atoms with E-state index in [2.05, 4.69) is 10.3 Å². The molecule has 2 heterocycles. The van der Waals surface area contributed by atoms with Gasteiger partial charge in [-0.2, -0.15) is 0 Å². The second-order valence-corrected chi connectivity index (χ2v) is 18.0. The summed E-state index contributed by atoms with van der Waals surface area (Å²) in [6, 6.07) is 4.53. The first-order chi connectivity index (χ1) is 19.1. The Kier molecular flexibility index (Phi) is 8.59. The van der Waals surface area contributed by atoms with E-state index >= 15 is 0 Å². The molecule has 2 amide bonds. The monoisotopic (exact) mass is 587 g/mol. The SMILES string of the molecule is COc1ccc2c(n1)CCN(C(=O)C1CC(CC(=O)OC(C)(C)C)C1)[C@H]2C(=O)Nc1cc(F)c([Si](C)(C)C)c(F)c1. The van der Waals surface area contributed by atoms with Crippen molar-refractivity contribution in [1.29, 1.82) is 0 Å².